The van der Waals surface area contributed by atoms with E-state index in [0.29, 0.717) is 16.3 Å². The number of benzene rings is 3. The van der Waals surface area contributed by atoms with Crippen LogP contribution in [0.3, 0.4) is 0 Å². The number of hydrazone groups is 1. The van der Waals surface area contributed by atoms with E-state index in [-0.39, 0.29) is 24.1 Å². The molecule has 8 heteroatoms. The monoisotopic (exact) mass is 554 g/mol. The molecular weight excluding hydrogens is 538 g/mol. The Labute approximate surface area is 197 Å². The summed E-state index contributed by atoms with van der Waals surface area (Å²) in [6.07, 6.45) is 1.56. The Morgan fingerprint density at radius 1 is 1.17 bits per heavy atom. The molecule has 3 aromatic carbocycles. The van der Waals surface area contributed by atoms with Gasteiger partial charge in [-0.15, -0.1) is 11.8 Å². The van der Waals surface area contributed by atoms with Gasteiger partial charge in [0.2, 0.25) is 5.91 Å². The van der Waals surface area contributed by atoms with Gasteiger partial charge in [-0.05, 0) is 76.7 Å². The van der Waals surface area contributed by atoms with Gasteiger partial charge >= 0.3 is 0 Å². The second-order valence-electron chi connectivity index (χ2n) is 6.11. The van der Waals surface area contributed by atoms with Crippen LogP contribution in [0.4, 0.5) is 4.39 Å². The van der Waals surface area contributed by atoms with E-state index in [0.717, 1.165) is 14.0 Å². The van der Waals surface area contributed by atoms with Crippen LogP contribution in [0.2, 0.25) is 5.02 Å². The van der Waals surface area contributed by atoms with Crippen LogP contribution in [0, 0.1) is 9.39 Å². The van der Waals surface area contributed by atoms with Gasteiger partial charge in [-0.1, -0.05) is 29.8 Å². The summed E-state index contributed by atoms with van der Waals surface area (Å²) in [5, 5.41) is 4.65. The number of carbonyl (C=O) groups excluding carboxylic acids is 1. The molecule has 0 saturated carbocycles. The van der Waals surface area contributed by atoms with Crippen molar-refractivity contribution in [2.24, 2.45) is 5.10 Å². The maximum atomic E-state index is 13.7. The van der Waals surface area contributed by atoms with E-state index >= 15 is 0 Å². The number of amides is 1. The zero-order valence-corrected chi connectivity index (χ0v) is 19.4. The fourth-order valence-corrected chi connectivity index (χ4v) is 3.89. The molecule has 1 amide bonds. The molecule has 0 radical (unpaired) electrons. The summed E-state index contributed by atoms with van der Waals surface area (Å²) >= 11 is 9.39. The second kappa shape index (κ2) is 11.3. The summed E-state index contributed by atoms with van der Waals surface area (Å²) in [6, 6.07) is 19.3. The van der Waals surface area contributed by atoms with E-state index in [4.69, 9.17) is 16.3 Å². The summed E-state index contributed by atoms with van der Waals surface area (Å²) in [7, 11) is 0. The van der Waals surface area contributed by atoms with E-state index in [1.54, 1.807) is 42.6 Å². The highest BCUT2D eigenvalue weighted by atomic mass is 127. The minimum Gasteiger partial charge on any atom is -0.488 e. The molecule has 0 heterocycles. The van der Waals surface area contributed by atoms with Crippen molar-refractivity contribution >= 4 is 58.1 Å². The first-order chi connectivity index (χ1) is 14.5. The normalized spacial score (nSPS) is 10.9. The molecule has 3 rings (SSSR count). The Balaban J connectivity index is 1.48. The SMILES string of the molecule is O=C(CSc1ccc(Cl)cc1)N/N=C\c1ccc(OCc2ccccc2F)c(I)c1. The molecule has 0 aliphatic heterocycles. The number of ether oxygens (including phenoxy) is 1. The zero-order valence-electron chi connectivity index (χ0n) is 15.6. The van der Waals surface area contributed by atoms with Gasteiger partial charge in [-0.3, -0.25) is 4.79 Å². The van der Waals surface area contributed by atoms with Crippen molar-refractivity contribution in [2.45, 2.75) is 11.5 Å². The molecule has 0 unspecified atom stereocenters. The molecule has 0 aliphatic rings. The molecule has 0 saturated heterocycles. The summed E-state index contributed by atoms with van der Waals surface area (Å²) in [5.41, 5.74) is 3.81. The predicted octanol–water partition coefficient (Wildman–Crippen LogP) is 5.91. The number of hydrogen-bond donors (Lipinski definition) is 1. The lowest BCUT2D eigenvalue weighted by molar-refractivity contribution is -0.118. The first-order valence-corrected chi connectivity index (χ1v) is 11.3. The molecule has 4 nitrogen and oxygen atoms in total. The highest BCUT2D eigenvalue weighted by molar-refractivity contribution is 14.1. The summed E-state index contributed by atoms with van der Waals surface area (Å²) in [5.74, 6) is 0.408. The van der Waals surface area contributed by atoms with Crippen molar-refractivity contribution in [3.8, 4) is 5.75 Å². The van der Waals surface area contributed by atoms with E-state index in [9.17, 15) is 9.18 Å². The summed E-state index contributed by atoms with van der Waals surface area (Å²) < 4.78 is 20.3. The zero-order chi connectivity index (χ0) is 21.3. The topological polar surface area (TPSA) is 50.7 Å². The third-order valence-corrected chi connectivity index (χ3v) is 5.99. The number of hydrogen-bond acceptors (Lipinski definition) is 4. The predicted molar refractivity (Wildman–Crippen MR) is 128 cm³/mol. The van der Waals surface area contributed by atoms with Gasteiger partial charge in [0, 0.05) is 15.5 Å². The lowest BCUT2D eigenvalue weighted by Gasteiger charge is -2.09. The first kappa shape index (κ1) is 22.6. The standard InChI is InChI=1S/C22H17ClFIN2O2S/c23-17-6-8-18(9-7-17)30-14-22(28)27-26-12-15-5-10-21(20(25)11-15)29-13-16-3-1-2-4-19(16)24/h1-12H,13-14H2,(H,27,28)/b26-12-. The first-order valence-electron chi connectivity index (χ1n) is 8.87. The summed E-state index contributed by atoms with van der Waals surface area (Å²) in [6.45, 7) is 0.150. The minimum absolute atomic E-state index is 0.150. The second-order valence-corrected chi connectivity index (χ2v) is 8.75. The Morgan fingerprint density at radius 2 is 1.93 bits per heavy atom. The average molecular weight is 555 g/mol. The van der Waals surface area contributed by atoms with Crippen molar-refractivity contribution in [1.82, 2.24) is 5.43 Å². The van der Waals surface area contributed by atoms with Gasteiger partial charge in [-0.2, -0.15) is 5.10 Å². The maximum absolute atomic E-state index is 13.7. The van der Waals surface area contributed by atoms with Gasteiger partial charge in [0.25, 0.3) is 0 Å². The number of carbonyl (C=O) groups is 1. The highest BCUT2D eigenvalue weighted by Gasteiger charge is 2.06. The van der Waals surface area contributed by atoms with Crippen LogP contribution >= 0.6 is 46.0 Å². The van der Waals surface area contributed by atoms with Gasteiger partial charge < -0.3 is 4.74 Å². The number of thioether (sulfide) groups is 1. The van der Waals surface area contributed by atoms with Crippen LogP contribution in [0.1, 0.15) is 11.1 Å². The van der Waals surface area contributed by atoms with Gasteiger partial charge in [-0.25, -0.2) is 9.82 Å². The molecule has 0 atom stereocenters. The maximum Gasteiger partial charge on any atom is 0.250 e. The number of nitrogens with zero attached hydrogens (tertiary/aromatic N) is 1. The molecule has 30 heavy (non-hydrogen) atoms. The largest absolute Gasteiger partial charge is 0.488 e. The van der Waals surface area contributed by atoms with Crippen molar-refractivity contribution < 1.29 is 13.9 Å². The molecule has 1 N–H and O–H groups in total. The molecule has 0 fully saturated rings. The fourth-order valence-electron chi connectivity index (χ4n) is 2.38. The molecule has 0 spiro atoms. The van der Waals surface area contributed by atoms with Crippen LogP contribution in [-0.4, -0.2) is 17.9 Å². The van der Waals surface area contributed by atoms with Crippen LogP contribution in [-0.2, 0) is 11.4 Å². The van der Waals surface area contributed by atoms with Gasteiger partial charge in [0.1, 0.15) is 18.2 Å². The molecule has 3 aromatic rings. The van der Waals surface area contributed by atoms with E-state index < -0.39 is 0 Å². The van der Waals surface area contributed by atoms with E-state index in [1.807, 2.05) is 24.3 Å². The van der Waals surface area contributed by atoms with Crippen molar-refractivity contribution in [1.29, 1.82) is 0 Å². The van der Waals surface area contributed by atoms with Gasteiger partial charge in [0.05, 0.1) is 15.5 Å². The van der Waals surface area contributed by atoms with Crippen LogP contribution < -0.4 is 10.2 Å². The van der Waals surface area contributed by atoms with Crippen molar-refractivity contribution in [2.75, 3.05) is 5.75 Å². The smallest absolute Gasteiger partial charge is 0.250 e. The van der Waals surface area contributed by atoms with Crippen LogP contribution in [0.15, 0.2) is 76.7 Å². The summed E-state index contributed by atoms with van der Waals surface area (Å²) in [4.78, 5) is 12.9. The number of nitrogens with one attached hydrogen (secondary N) is 1. The number of rotatable bonds is 8. The Hall–Kier alpha value is -2.10. The third-order valence-electron chi connectivity index (χ3n) is 3.88. The van der Waals surface area contributed by atoms with Crippen LogP contribution in [0.5, 0.6) is 5.75 Å². The lowest BCUT2D eigenvalue weighted by atomic mass is 10.2. The highest BCUT2D eigenvalue weighted by Crippen LogP contribution is 2.23. The average Bonchev–Trinajstić information content (AvgIpc) is 2.74. The van der Waals surface area contributed by atoms with Crippen LogP contribution in [0.25, 0.3) is 0 Å². The van der Waals surface area contributed by atoms with Crippen molar-refractivity contribution in [3.05, 3.63) is 92.3 Å². The fraction of sp³-hybridized carbons (Fsp3) is 0.0909. The molecule has 0 aromatic heterocycles. The van der Waals surface area contributed by atoms with Gasteiger partial charge in [0.15, 0.2) is 0 Å². The Bertz CT molecular complexity index is 1050. The lowest BCUT2D eigenvalue weighted by Crippen LogP contribution is -2.19. The molecule has 154 valence electrons. The third kappa shape index (κ3) is 7.00. The minimum atomic E-state index is -0.291. The van der Waals surface area contributed by atoms with E-state index in [1.165, 1.54) is 17.8 Å². The van der Waals surface area contributed by atoms with Crippen molar-refractivity contribution in [3.63, 3.8) is 0 Å². The molecule has 0 aliphatic carbocycles. The molecule has 0 bridgehead atoms. The Kier molecular flexibility index (Phi) is 8.53. The quantitative estimate of drug-likeness (QED) is 0.163. The number of halogens is 3. The molecular formula is C22H17ClFIN2O2S. The van der Waals surface area contributed by atoms with E-state index in [2.05, 4.69) is 33.1 Å². The Morgan fingerprint density at radius 3 is 2.67 bits per heavy atom.